The molecule has 2 atom stereocenters. The predicted octanol–water partition coefficient (Wildman–Crippen LogP) is 2.80. The molecule has 1 saturated carbocycles. The van der Waals surface area contributed by atoms with E-state index in [2.05, 4.69) is 19.9 Å². The van der Waals surface area contributed by atoms with Crippen LogP contribution in [0.15, 0.2) is 0 Å². The lowest BCUT2D eigenvalue weighted by Crippen LogP contribution is -2.04. The minimum Gasteiger partial charge on any atom is -0.198 e. The summed E-state index contributed by atoms with van der Waals surface area (Å²) in [6, 6.07) is 2.33. The van der Waals surface area contributed by atoms with E-state index in [1.54, 1.807) is 0 Å². The van der Waals surface area contributed by atoms with Gasteiger partial charge < -0.3 is 0 Å². The normalized spacial score (nSPS) is 35.4. The molecule has 1 fully saturated rings. The first-order chi connectivity index (χ1) is 5.14. The van der Waals surface area contributed by atoms with E-state index in [0.717, 1.165) is 12.8 Å². The molecule has 0 aromatic carbocycles. The molecule has 2 heteroatoms. The Morgan fingerprint density at radius 3 is 2.64 bits per heavy atom. The highest BCUT2D eigenvalue weighted by Crippen LogP contribution is 2.55. The summed E-state index contributed by atoms with van der Waals surface area (Å²) in [5, 5.41) is 8.81. The average Bonchev–Trinajstić information content (AvgIpc) is 2.63. The van der Waals surface area contributed by atoms with E-state index < -0.39 is 0 Å². The molecular weight excluding hydrogens is 158 g/mol. The topological polar surface area (TPSA) is 23.8 Å². The van der Waals surface area contributed by atoms with Gasteiger partial charge in [0.05, 0.1) is 11.5 Å². The molecule has 62 valence electrons. The molecule has 1 aliphatic rings. The highest BCUT2D eigenvalue weighted by atomic mass is 35.5. The summed E-state index contributed by atoms with van der Waals surface area (Å²) in [4.78, 5) is 0. The van der Waals surface area contributed by atoms with Crippen LogP contribution in [0.1, 0.15) is 26.7 Å². The first-order valence-electron chi connectivity index (χ1n) is 4.12. The average molecular weight is 172 g/mol. The van der Waals surface area contributed by atoms with Crippen molar-refractivity contribution in [3.63, 3.8) is 0 Å². The number of hydrogen-bond donors (Lipinski definition) is 0. The second-order valence-electron chi connectivity index (χ2n) is 3.93. The Balaban J connectivity index is 2.40. The fourth-order valence-electron chi connectivity index (χ4n) is 1.59. The maximum absolute atomic E-state index is 8.81. The van der Waals surface area contributed by atoms with Crippen LogP contribution in [0.4, 0.5) is 0 Å². The van der Waals surface area contributed by atoms with E-state index in [4.69, 9.17) is 16.9 Å². The van der Waals surface area contributed by atoms with Gasteiger partial charge in [-0.05, 0) is 24.7 Å². The van der Waals surface area contributed by atoms with Crippen LogP contribution in [0.2, 0.25) is 0 Å². The number of halogens is 1. The van der Waals surface area contributed by atoms with E-state index in [1.165, 1.54) is 0 Å². The van der Waals surface area contributed by atoms with Gasteiger partial charge in [-0.1, -0.05) is 13.8 Å². The predicted molar refractivity (Wildman–Crippen MR) is 46.3 cm³/mol. The fraction of sp³-hybridized carbons (Fsp3) is 0.889. The number of nitrogens with zero attached hydrogens (tertiary/aromatic N) is 1. The summed E-state index contributed by atoms with van der Waals surface area (Å²) in [5.74, 6) is 1.78. The van der Waals surface area contributed by atoms with Gasteiger partial charge >= 0.3 is 0 Å². The highest BCUT2D eigenvalue weighted by Gasteiger charge is 2.53. The van der Waals surface area contributed by atoms with Crippen molar-refractivity contribution < 1.29 is 0 Å². The Kier molecular flexibility index (Phi) is 2.44. The van der Waals surface area contributed by atoms with Crippen LogP contribution in [0.3, 0.4) is 0 Å². The monoisotopic (exact) mass is 171 g/mol. The Bertz CT molecular complexity index is 182. The molecule has 0 saturated heterocycles. The Morgan fingerprint density at radius 1 is 1.73 bits per heavy atom. The summed E-state index contributed by atoms with van der Waals surface area (Å²) in [7, 11) is 0. The van der Waals surface area contributed by atoms with Gasteiger partial charge in [-0.2, -0.15) is 5.26 Å². The van der Waals surface area contributed by atoms with Gasteiger partial charge in [-0.15, -0.1) is 11.6 Å². The van der Waals surface area contributed by atoms with Gasteiger partial charge in [0.15, 0.2) is 0 Å². The summed E-state index contributed by atoms with van der Waals surface area (Å²) >= 11 is 5.71. The molecule has 0 bridgehead atoms. The standard InChI is InChI=1S/C9H14ClN/c1-7(2)3-8-4-9(8,5-10)6-11/h7-8H,3-5H2,1-2H3. The van der Waals surface area contributed by atoms with Crippen molar-refractivity contribution in [2.75, 3.05) is 5.88 Å². The van der Waals surface area contributed by atoms with Gasteiger partial charge in [0.1, 0.15) is 0 Å². The lowest BCUT2D eigenvalue weighted by Gasteiger charge is -2.05. The summed E-state index contributed by atoms with van der Waals surface area (Å²) in [5.41, 5.74) is -0.147. The van der Waals surface area contributed by atoms with Crippen LogP contribution in [0.25, 0.3) is 0 Å². The van der Waals surface area contributed by atoms with Crippen molar-refractivity contribution >= 4 is 11.6 Å². The van der Waals surface area contributed by atoms with E-state index in [-0.39, 0.29) is 5.41 Å². The lowest BCUT2D eigenvalue weighted by molar-refractivity contribution is 0.494. The maximum Gasteiger partial charge on any atom is 0.0741 e. The fourth-order valence-corrected chi connectivity index (χ4v) is 1.98. The van der Waals surface area contributed by atoms with Gasteiger partial charge in [0, 0.05) is 5.88 Å². The molecule has 0 aromatic heterocycles. The Morgan fingerprint density at radius 2 is 2.36 bits per heavy atom. The molecule has 0 aromatic rings. The van der Waals surface area contributed by atoms with E-state index in [0.29, 0.717) is 17.7 Å². The number of nitriles is 1. The third-order valence-electron chi connectivity index (χ3n) is 2.45. The van der Waals surface area contributed by atoms with Crippen molar-refractivity contribution in [1.82, 2.24) is 0 Å². The molecule has 0 radical (unpaired) electrons. The SMILES string of the molecule is CC(C)CC1CC1(C#N)CCl. The molecule has 0 N–H and O–H groups in total. The van der Waals surface area contributed by atoms with E-state index in [1.807, 2.05) is 0 Å². The molecule has 2 unspecified atom stereocenters. The number of rotatable bonds is 3. The number of hydrogen-bond acceptors (Lipinski definition) is 1. The molecule has 0 spiro atoms. The smallest absolute Gasteiger partial charge is 0.0741 e. The summed E-state index contributed by atoms with van der Waals surface area (Å²) < 4.78 is 0. The zero-order valence-electron chi connectivity index (χ0n) is 7.10. The molecule has 1 rings (SSSR count). The van der Waals surface area contributed by atoms with Crippen molar-refractivity contribution in [3.05, 3.63) is 0 Å². The molecule has 11 heavy (non-hydrogen) atoms. The van der Waals surface area contributed by atoms with Crippen molar-refractivity contribution in [1.29, 1.82) is 5.26 Å². The highest BCUT2D eigenvalue weighted by molar-refractivity contribution is 6.18. The van der Waals surface area contributed by atoms with Crippen molar-refractivity contribution in [2.45, 2.75) is 26.7 Å². The van der Waals surface area contributed by atoms with E-state index in [9.17, 15) is 0 Å². The van der Waals surface area contributed by atoms with E-state index >= 15 is 0 Å². The van der Waals surface area contributed by atoms with Crippen molar-refractivity contribution in [3.8, 4) is 6.07 Å². The Labute approximate surface area is 73.3 Å². The van der Waals surface area contributed by atoms with Crippen LogP contribution in [0.5, 0.6) is 0 Å². The Hall–Kier alpha value is -0.220. The first kappa shape index (κ1) is 8.87. The molecule has 0 aliphatic heterocycles. The van der Waals surface area contributed by atoms with Gasteiger partial charge in [-0.25, -0.2) is 0 Å². The zero-order valence-corrected chi connectivity index (χ0v) is 7.86. The van der Waals surface area contributed by atoms with Crippen LogP contribution >= 0.6 is 11.6 Å². The second-order valence-corrected chi connectivity index (χ2v) is 4.20. The van der Waals surface area contributed by atoms with Gasteiger partial charge in [-0.3, -0.25) is 0 Å². The minimum atomic E-state index is -0.147. The quantitative estimate of drug-likeness (QED) is 0.600. The number of alkyl halides is 1. The molecular formula is C9H14ClN. The minimum absolute atomic E-state index is 0.147. The van der Waals surface area contributed by atoms with Gasteiger partial charge in [0.2, 0.25) is 0 Å². The second kappa shape index (κ2) is 3.03. The molecule has 1 aliphatic carbocycles. The largest absolute Gasteiger partial charge is 0.198 e. The van der Waals surface area contributed by atoms with Crippen molar-refractivity contribution in [2.24, 2.45) is 17.3 Å². The molecule has 0 amide bonds. The lowest BCUT2D eigenvalue weighted by atomic mass is 10.0. The first-order valence-corrected chi connectivity index (χ1v) is 4.65. The van der Waals surface area contributed by atoms with Crippen LogP contribution in [-0.4, -0.2) is 5.88 Å². The third-order valence-corrected chi connectivity index (χ3v) is 2.93. The van der Waals surface area contributed by atoms with Crippen LogP contribution in [-0.2, 0) is 0 Å². The summed E-state index contributed by atoms with van der Waals surface area (Å²) in [6.45, 7) is 4.38. The summed E-state index contributed by atoms with van der Waals surface area (Å²) in [6.07, 6.45) is 2.17. The van der Waals surface area contributed by atoms with Gasteiger partial charge in [0.25, 0.3) is 0 Å². The van der Waals surface area contributed by atoms with Crippen LogP contribution < -0.4 is 0 Å². The molecule has 1 nitrogen and oxygen atoms in total. The zero-order chi connectivity index (χ0) is 8.48. The third kappa shape index (κ3) is 1.68. The van der Waals surface area contributed by atoms with Crippen LogP contribution in [0, 0.1) is 28.6 Å². The maximum atomic E-state index is 8.81. The molecule has 0 heterocycles.